The second-order valence-electron chi connectivity index (χ2n) is 7.04. The van der Waals surface area contributed by atoms with Gasteiger partial charge in [-0.1, -0.05) is 26.0 Å². The monoisotopic (exact) mass is 341 g/mol. The zero-order chi connectivity index (χ0) is 18.2. The van der Waals surface area contributed by atoms with Crippen LogP contribution in [-0.4, -0.2) is 25.2 Å². The van der Waals surface area contributed by atoms with Crippen molar-refractivity contribution < 1.29 is 19.4 Å². The predicted molar refractivity (Wildman–Crippen MR) is 96.4 cm³/mol. The van der Waals surface area contributed by atoms with Gasteiger partial charge in [0.1, 0.15) is 5.75 Å². The minimum absolute atomic E-state index is 0.0390. The summed E-state index contributed by atoms with van der Waals surface area (Å²) in [4.78, 5) is 13.1. The van der Waals surface area contributed by atoms with Gasteiger partial charge in [0.2, 0.25) is 5.91 Å². The van der Waals surface area contributed by atoms with Crippen molar-refractivity contribution in [1.82, 2.24) is 0 Å². The van der Waals surface area contributed by atoms with Gasteiger partial charge in [0.05, 0.1) is 19.6 Å². The second-order valence-corrected chi connectivity index (χ2v) is 7.04. The molecule has 0 heterocycles. The first-order valence-corrected chi connectivity index (χ1v) is 8.17. The van der Waals surface area contributed by atoms with E-state index in [0.29, 0.717) is 11.4 Å². The lowest BCUT2D eigenvalue weighted by atomic mass is 9.87. The zero-order valence-corrected chi connectivity index (χ0v) is 14.9. The molecule has 2 aromatic carbocycles. The Kier molecular flexibility index (Phi) is 4.11. The summed E-state index contributed by atoms with van der Waals surface area (Å²) in [6.45, 7) is 4.18. The van der Waals surface area contributed by atoms with E-state index in [1.165, 1.54) is 13.2 Å². The Balaban J connectivity index is 1.89. The molecule has 25 heavy (non-hydrogen) atoms. The maximum atomic E-state index is 13.1. The topological polar surface area (TPSA) is 67.8 Å². The van der Waals surface area contributed by atoms with Crippen molar-refractivity contribution in [2.45, 2.75) is 25.7 Å². The van der Waals surface area contributed by atoms with E-state index >= 15 is 0 Å². The molecular weight excluding hydrogens is 318 g/mol. The lowest BCUT2D eigenvalue weighted by Crippen LogP contribution is -2.32. The van der Waals surface area contributed by atoms with Crippen molar-refractivity contribution in [1.29, 1.82) is 0 Å². The number of hydrogen-bond donors (Lipinski definition) is 2. The van der Waals surface area contributed by atoms with Gasteiger partial charge in [-0.25, -0.2) is 0 Å². The number of phenolic OH excluding ortho intramolecular Hbond substituents is 1. The Morgan fingerprint density at radius 3 is 2.24 bits per heavy atom. The van der Waals surface area contributed by atoms with E-state index in [9.17, 15) is 9.90 Å². The number of methoxy groups -OCH3 is 2. The van der Waals surface area contributed by atoms with Crippen LogP contribution in [0.4, 0.5) is 5.69 Å². The van der Waals surface area contributed by atoms with Crippen LogP contribution in [0.3, 0.4) is 0 Å². The number of anilines is 1. The second kappa shape index (κ2) is 5.99. The molecule has 5 heteroatoms. The zero-order valence-electron chi connectivity index (χ0n) is 14.9. The fraction of sp³-hybridized carbons (Fsp3) is 0.350. The van der Waals surface area contributed by atoms with Crippen molar-refractivity contribution in [2.24, 2.45) is 5.41 Å². The van der Waals surface area contributed by atoms with Gasteiger partial charge in [-0.2, -0.15) is 0 Å². The van der Waals surface area contributed by atoms with E-state index in [0.717, 1.165) is 17.7 Å². The molecule has 1 unspecified atom stereocenters. The lowest BCUT2D eigenvalue weighted by Gasteiger charge is -2.21. The summed E-state index contributed by atoms with van der Waals surface area (Å²) < 4.78 is 10.3. The highest BCUT2D eigenvalue weighted by Crippen LogP contribution is 2.64. The Morgan fingerprint density at radius 1 is 1.08 bits per heavy atom. The number of ether oxygens (including phenoxy) is 2. The molecule has 3 rings (SSSR count). The molecule has 2 aromatic rings. The predicted octanol–water partition coefficient (Wildman–Crippen LogP) is 3.72. The number of hydrogen-bond acceptors (Lipinski definition) is 4. The van der Waals surface area contributed by atoms with E-state index in [2.05, 4.69) is 19.2 Å². The molecule has 0 aromatic heterocycles. The maximum Gasteiger partial charge on any atom is 0.235 e. The molecule has 1 aliphatic carbocycles. The van der Waals surface area contributed by atoms with Crippen molar-refractivity contribution in [3.05, 3.63) is 48.0 Å². The first-order valence-electron chi connectivity index (χ1n) is 8.17. The Bertz CT molecular complexity index is 798. The molecule has 0 aliphatic heterocycles. The first kappa shape index (κ1) is 17.1. The number of carbonyl (C=O) groups is 1. The lowest BCUT2D eigenvalue weighted by molar-refractivity contribution is -0.119. The van der Waals surface area contributed by atoms with Gasteiger partial charge < -0.3 is 19.9 Å². The number of nitrogens with one attached hydrogen (secondary N) is 1. The smallest absolute Gasteiger partial charge is 0.235 e. The number of carbonyl (C=O) groups excluding carboxylic acids is 1. The van der Waals surface area contributed by atoms with Gasteiger partial charge in [0.25, 0.3) is 0 Å². The molecule has 1 atom stereocenters. The van der Waals surface area contributed by atoms with Crippen LogP contribution >= 0.6 is 0 Å². The Morgan fingerprint density at radius 2 is 1.72 bits per heavy atom. The third-order valence-corrected chi connectivity index (χ3v) is 5.15. The molecule has 1 fully saturated rings. The average Bonchev–Trinajstić information content (AvgIpc) is 3.20. The van der Waals surface area contributed by atoms with Crippen LogP contribution in [-0.2, 0) is 10.2 Å². The van der Waals surface area contributed by atoms with Crippen molar-refractivity contribution >= 4 is 11.6 Å². The van der Waals surface area contributed by atoms with Gasteiger partial charge in [-0.3, -0.25) is 4.79 Å². The molecule has 1 amide bonds. The Hall–Kier alpha value is -2.69. The van der Waals surface area contributed by atoms with E-state index in [-0.39, 0.29) is 17.1 Å². The molecule has 5 nitrogen and oxygen atoms in total. The molecule has 0 radical (unpaired) electrons. The molecular formula is C20H23NO4. The number of benzene rings is 2. The summed E-state index contributed by atoms with van der Waals surface area (Å²) in [5.74, 6) is 1.07. The highest BCUT2D eigenvalue weighted by atomic mass is 16.5. The van der Waals surface area contributed by atoms with Crippen molar-refractivity contribution in [3.8, 4) is 17.2 Å². The molecule has 0 spiro atoms. The third kappa shape index (κ3) is 2.80. The summed E-state index contributed by atoms with van der Waals surface area (Å²) >= 11 is 0. The molecule has 2 N–H and O–H groups in total. The van der Waals surface area contributed by atoms with Gasteiger partial charge in [0, 0.05) is 11.8 Å². The highest BCUT2D eigenvalue weighted by Gasteiger charge is 2.67. The summed E-state index contributed by atoms with van der Waals surface area (Å²) in [7, 11) is 3.10. The molecule has 132 valence electrons. The fourth-order valence-corrected chi connectivity index (χ4v) is 3.50. The standard InChI is InChI=1S/C20H23NO4/c1-19(2)12-20(19,13-5-8-15(24-3)9-6-13)18(23)21-14-7-10-16(22)17(11-14)25-4/h5-11,22H,12H2,1-4H3,(H,21,23). The highest BCUT2D eigenvalue weighted by molar-refractivity contribution is 6.02. The van der Waals surface area contributed by atoms with Gasteiger partial charge in [0.15, 0.2) is 11.5 Å². The fourth-order valence-electron chi connectivity index (χ4n) is 3.50. The summed E-state index contributed by atoms with van der Waals surface area (Å²) in [6.07, 6.45) is 0.771. The van der Waals surface area contributed by atoms with Crippen LogP contribution in [0, 0.1) is 5.41 Å². The summed E-state index contributed by atoms with van der Waals surface area (Å²) in [5, 5.41) is 12.7. The molecule has 0 bridgehead atoms. The van der Waals surface area contributed by atoms with Gasteiger partial charge >= 0.3 is 0 Å². The maximum absolute atomic E-state index is 13.1. The van der Waals surface area contributed by atoms with Crippen molar-refractivity contribution in [3.63, 3.8) is 0 Å². The third-order valence-electron chi connectivity index (χ3n) is 5.15. The number of phenols is 1. The van der Waals surface area contributed by atoms with Crippen LogP contribution in [0.1, 0.15) is 25.8 Å². The largest absolute Gasteiger partial charge is 0.504 e. The van der Waals surface area contributed by atoms with Crippen molar-refractivity contribution in [2.75, 3.05) is 19.5 Å². The number of aromatic hydroxyl groups is 1. The molecule has 0 saturated heterocycles. The van der Waals surface area contributed by atoms with E-state index in [4.69, 9.17) is 9.47 Å². The van der Waals surface area contributed by atoms with E-state index < -0.39 is 5.41 Å². The van der Waals surface area contributed by atoms with Gasteiger partial charge in [-0.05, 0) is 41.7 Å². The Labute approximate surface area is 147 Å². The molecule has 1 aliphatic rings. The van der Waals surface area contributed by atoms with Crippen LogP contribution in [0.25, 0.3) is 0 Å². The summed E-state index contributed by atoms with van der Waals surface area (Å²) in [5.41, 5.74) is 0.855. The normalized spacial score (nSPS) is 20.6. The van der Waals surface area contributed by atoms with Crippen LogP contribution < -0.4 is 14.8 Å². The van der Waals surface area contributed by atoms with E-state index in [1.807, 2.05) is 24.3 Å². The van der Waals surface area contributed by atoms with E-state index in [1.54, 1.807) is 19.2 Å². The average molecular weight is 341 g/mol. The summed E-state index contributed by atoms with van der Waals surface area (Å²) in [6, 6.07) is 12.4. The van der Waals surface area contributed by atoms with Crippen LogP contribution in [0.2, 0.25) is 0 Å². The minimum Gasteiger partial charge on any atom is -0.504 e. The molecule has 1 saturated carbocycles. The van der Waals surface area contributed by atoms with Crippen LogP contribution in [0.5, 0.6) is 17.2 Å². The number of amides is 1. The first-order chi connectivity index (χ1) is 11.8. The van der Waals surface area contributed by atoms with Crippen LogP contribution in [0.15, 0.2) is 42.5 Å². The van der Waals surface area contributed by atoms with Gasteiger partial charge in [-0.15, -0.1) is 0 Å². The quantitative estimate of drug-likeness (QED) is 0.814. The SMILES string of the molecule is COc1ccc(C2(C(=O)Nc3ccc(O)c(OC)c3)CC2(C)C)cc1. The number of rotatable bonds is 5. The minimum atomic E-state index is -0.579.